The van der Waals surface area contributed by atoms with Crippen LogP contribution >= 0.6 is 0 Å². The molecule has 0 unspecified atom stereocenters. The van der Waals surface area contributed by atoms with Gasteiger partial charge < -0.3 is 14.6 Å². The van der Waals surface area contributed by atoms with Crippen LogP contribution in [0.25, 0.3) is 10.9 Å². The van der Waals surface area contributed by atoms with E-state index in [1.807, 2.05) is 19.9 Å². The molecule has 0 bridgehead atoms. The van der Waals surface area contributed by atoms with Gasteiger partial charge in [-0.15, -0.1) is 0 Å². The number of carbonyl (C=O) groups excluding carboxylic acids is 1. The summed E-state index contributed by atoms with van der Waals surface area (Å²) in [5.41, 5.74) is 4.32. The van der Waals surface area contributed by atoms with Crippen LogP contribution < -0.4 is 4.90 Å². The fourth-order valence-electron chi connectivity index (χ4n) is 5.71. The molecule has 1 aliphatic carbocycles. The molecule has 3 aromatic rings. The maximum absolute atomic E-state index is 14.0. The number of rotatable bonds is 3. The Morgan fingerprint density at radius 1 is 1.22 bits per heavy atom. The van der Waals surface area contributed by atoms with Crippen LogP contribution in [0.3, 0.4) is 0 Å². The number of benzene rings is 2. The van der Waals surface area contributed by atoms with Gasteiger partial charge in [0.05, 0.1) is 30.4 Å². The molecule has 2 aromatic carbocycles. The number of aryl methyl sites for hydroxylation is 1. The lowest BCUT2D eigenvalue weighted by Gasteiger charge is -2.42. The van der Waals surface area contributed by atoms with Crippen molar-refractivity contribution < 1.29 is 17.8 Å². The van der Waals surface area contributed by atoms with Crippen LogP contribution in [0.1, 0.15) is 80.0 Å². The van der Waals surface area contributed by atoms with E-state index in [0.717, 1.165) is 16.6 Å². The maximum Gasteiger partial charge on any atom is 0.195 e. The Hall–Kier alpha value is -3.14. The summed E-state index contributed by atoms with van der Waals surface area (Å²) in [5.74, 6) is -0.158. The van der Waals surface area contributed by atoms with Crippen molar-refractivity contribution in [3.63, 3.8) is 0 Å². The number of piperidine rings is 1. The largest absolute Gasteiger partial charge is 0.379 e. The first-order valence-electron chi connectivity index (χ1n) is 15.6. The highest BCUT2D eigenvalue weighted by atomic mass is 16.5. The summed E-state index contributed by atoms with van der Waals surface area (Å²) in [6.45, 7) is 4.86. The predicted octanol–water partition coefficient (Wildman–Crippen LogP) is 4.77. The number of nitriles is 1. The van der Waals surface area contributed by atoms with Crippen LogP contribution in [-0.2, 0) is 16.6 Å². The van der Waals surface area contributed by atoms with Gasteiger partial charge in [-0.2, -0.15) is 5.26 Å². The number of aromatic amines is 1. The number of ketones is 1. The first-order valence-corrected chi connectivity index (χ1v) is 12.4. The van der Waals surface area contributed by atoms with Gasteiger partial charge in [-0.05, 0) is 54.6 Å². The molecule has 0 saturated carbocycles. The number of morpholine rings is 1. The maximum atomic E-state index is 14.0. The Kier molecular flexibility index (Phi) is 4.22. The number of H-pyrrole nitrogens is 1. The van der Waals surface area contributed by atoms with E-state index in [-0.39, 0.29) is 38.9 Å². The molecular formula is C30H34N4O2. The van der Waals surface area contributed by atoms with Gasteiger partial charge in [-0.25, -0.2) is 0 Å². The minimum absolute atomic E-state index is 0.0441. The summed E-state index contributed by atoms with van der Waals surface area (Å²) >= 11 is 0. The molecule has 2 saturated heterocycles. The lowest BCUT2D eigenvalue weighted by molar-refractivity contribution is 0.0115. The van der Waals surface area contributed by atoms with Crippen LogP contribution in [0.4, 0.5) is 5.69 Å². The Bertz CT molecular complexity index is 1620. The molecule has 3 heterocycles. The van der Waals surface area contributed by atoms with Gasteiger partial charge in [0.15, 0.2) is 5.78 Å². The second-order valence-electron chi connectivity index (χ2n) is 10.1. The fourth-order valence-corrected chi connectivity index (χ4v) is 5.71. The molecule has 0 spiro atoms. The van der Waals surface area contributed by atoms with E-state index in [2.05, 4.69) is 11.1 Å². The Morgan fingerprint density at radius 3 is 2.72 bits per heavy atom. The molecule has 0 amide bonds. The van der Waals surface area contributed by atoms with Gasteiger partial charge in [0.25, 0.3) is 0 Å². The number of anilines is 1. The van der Waals surface area contributed by atoms with Gasteiger partial charge in [0, 0.05) is 73.7 Å². The van der Waals surface area contributed by atoms with E-state index in [0.29, 0.717) is 53.1 Å². The summed E-state index contributed by atoms with van der Waals surface area (Å²) < 4.78 is 58.6. The summed E-state index contributed by atoms with van der Waals surface area (Å²) in [4.78, 5) is 20.7. The number of ether oxygens (including phenoxy) is 1. The van der Waals surface area contributed by atoms with Crippen molar-refractivity contribution in [2.75, 3.05) is 44.3 Å². The molecular weight excluding hydrogens is 448 g/mol. The molecule has 186 valence electrons. The molecule has 1 N–H and O–H groups in total. The third-order valence-corrected chi connectivity index (χ3v) is 7.73. The highest BCUT2D eigenvalue weighted by molar-refractivity contribution is 6.20. The quantitative estimate of drug-likeness (QED) is 0.575. The number of carbonyl (C=O) groups is 1. The van der Waals surface area contributed by atoms with E-state index in [4.69, 9.17) is 11.6 Å². The number of hydrogen-bond acceptors (Lipinski definition) is 5. The second kappa shape index (κ2) is 8.76. The molecule has 1 aromatic heterocycles. The van der Waals surface area contributed by atoms with Crippen LogP contribution in [0.5, 0.6) is 0 Å². The first kappa shape index (κ1) is 17.3. The molecule has 3 aliphatic rings. The number of aromatic nitrogens is 1. The molecule has 0 atom stereocenters. The monoisotopic (exact) mass is 488 g/mol. The molecule has 36 heavy (non-hydrogen) atoms. The van der Waals surface area contributed by atoms with Gasteiger partial charge >= 0.3 is 0 Å². The summed E-state index contributed by atoms with van der Waals surface area (Å²) in [6, 6.07) is 8.92. The summed E-state index contributed by atoms with van der Waals surface area (Å²) in [5, 5.41) is 10.1. The third-order valence-electron chi connectivity index (χ3n) is 7.73. The molecule has 6 rings (SSSR count). The van der Waals surface area contributed by atoms with Crippen molar-refractivity contribution in [1.29, 1.82) is 5.26 Å². The third kappa shape index (κ3) is 3.56. The topological polar surface area (TPSA) is 72.4 Å². The SMILES string of the molecule is [2H]CCc1cc2c(cc1N1CC([2H])([2H])C([2H])(N3CCOCC3)C([2H])([2H])C1)C(C)(C)c1[nH]c3cc(C#N)ccc3c1C2=O. The average molecular weight is 489 g/mol. The number of hydrogen-bond donors (Lipinski definition) is 1. The van der Waals surface area contributed by atoms with Crippen molar-refractivity contribution >= 4 is 22.4 Å². The minimum Gasteiger partial charge on any atom is -0.379 e. The highest BCUT2D eigenvalue weighted by Gasteiger charge is 2.40. The zero-order chi connectivity index (χ0) is 30.2. The predicted molar refractivity (Wildman–Crippen MR) is 142 cm³/mol. The number of nitrogens with one attached hydrogen (secondary N) is 1. The van der Waals surface area contributed by atoms with Crippen molar-refractivity contribution in [1.82, 2.24) is 9.88 Å². The highest BCUT2D eigenvalue weighted by Crippen LogP contribution is 2.46. The van der Waals surface area contributed by atoms with Gasteiger partial charge in [0.1, 0.15) is 0 Å². The van der Waals surface area contributed by atoms with Gasteiger partial charge in [-0.1, -0.05) is 26.8 Å². The summed E-state index contributed by atoms with van der Waals surface area (Å²) in [6.07, 6.45) is -4.18. The van der Waals surface area contributed by atoms with Crippen LogP contribution in [0.15, 0.2) is 30.3 Å². The zero-order valence-corrected chi connectivity index (χ0v) is 20.7. The molecule has 6 nitrogen and oxygen atoms in total. The van der Waals surface area contributed by atoms with Crippen LogP contribution in [0.2, 0.25) is 0 Å². The Balaban J connectivity index is 1.47. The molecule has 2 fully saturated rings. The zero-order valence-electron chi connectivity index (χ0n) is 26.7. The average Bonchev–Trinajstić information content (AvgIpc) is 3.35. The number of fused-ring (bicyclic) bond motifs is 4. The lowest BCUT2D eigenvalue weighted by atomic mass is 9.70. The van der Waals surface area contributed by atoms with E-state index >= 15 is 0 Å². The molecule has 0 radical (unpaired) electrons. The number of nitrogens with zero attached hydrogens (tertiary/aromatic N) is 3. The van der Waals surface area contributed by atoms with E-state index < -0.39 is 24.2 Å². The standard InChI is InChI=1S/C30H34N4O2/c1-4-20-16-23-24(17-26(20)34-9-7-21(8-10-34)33-11-13-36-14-12-33)30(2,3)29-27(28(23)35)22-6-5-19(18-31)15-25(22)32-29/h5-6,15-17,21,32H,4,7-14H2,1-3H3/i1D,7D2,8D2,21D. The van der Waals surface area contributed by atoms with Crippen LogP contribution in [0, 0.1) is 11.3 Å². The lowest BCUT2D eigenvalue weighted by Crippen LogP contribution is -2.49. The van der Waals surface area contributed by atoms with Crippen LogP contribution in [-0.4, -0.2) is 61.1 Å². The molecule has 2 aliphatic heterocycles. The smallest absolute Gasteiger partial charge is 0.195 e. The Labute approximate surface area is 221 Å². The van der Waals surface area contributed by atoms with Crippen molar-refractivity contribution in [2.24, 2.45) is 0 Å². The van der Waals surface area contributed by atoms with Gasteiger partial charge in [-0.3, -0.25) is 9.69 Å². The minimum atomic E-state index is -2.24. The summed E-state index contributed by atoms with van der Waals surface area (Å²) in [7, 11) is 0. The fraction of sp³-hybridized carbons (Fsp3) is 0.467. The van der Waals surface area contributed by atoms with Crippen molar-refractivity contribution in [3.05, 3.63) is 63.8 Å². The molecule has 6 heteroatoms. The van der Waals surface area contributed by atoms with E-state index in [1.54, 1.807) is 34.1 Å². The normalized spacial score (nSPS) is 26.4. The second-order valence-corrected chi connectivity index (χ2v) is 10.1. The first-order chi connectivity index (χ1) is 19.8. The van der Waals surface area contributed by atoms with E-state index in [9.17, 15) is 11.4 Å². The van der Waals surface area contributed by atoms with Gasteiger partial charge in [0.2, 0.25) is 0 Å². The van der Waals surface area contributed by atoms with Crippen molar-refractivity contribution in [2.45, 2.75) is 51.3 Å². The van der Waals surface area contributed by atoms with Crippen molar-refractivity contribution in [3.8, 4) is 6.07 Å². The Morgan fingerprint density at radius 2 is 2.00 bits per heavy atom. The van der Waals surface area contributed by atoms with E-state index in [1.165, 1.54) is 0 Å².